The number of hydrogen-bond acceptors (Lipinski definition) is 3. The average Bonchev–Trinajstić information content (AvgIpc) is 2.51. The Balaban J connectivity index is 2.08. The first kappa shape index (κ1) is 13.2. The number of nitrogens with one attached hydrogen (secondary N) is 1. The number of piperazine rings is 1. The van der Waals surface area contributed by atoms with Gasteiger partial charge in [-0.15, -0.1) is 0 Å². The fraction of sp³-hybridized carbons (Fsp3) is 0.438. The highest BCUT2D eigenvalue weighted by Crippen LogP contribution is 2.21. The number of benzene rings is 1. The van der Waals surface area contributed by atoms with Gasteiger partial charge < -0.3 is 14.8 Å². The summed E-state index contributed by atoms with van der Waals surface area (Å²) in [5.74, 6) is 0. The minimum absolute atomic E-state index is 0.0943. The highest BCUT2D eigenvalue weighted by atomic mass is 16.1. The summed E-state index contributed by atoms with van der Waals surface area (Å²) in [4.78, 5) is 14.4. The largest absolute Gasteiger partial charge is 0.369 e. The molecular formula is C16H21N3O. The molecule has 106 valence electrons. The number of pyridine rings is 1. The van der Waals surface area contributed by atoms with Crippen molar-refractivity contribution in [3.05, 3.63) is 40.7 Å². The number of nitrogens with zero attached hydrogens (tertiary/aromatic N) is 2. The standard InChI is InChI=1S/C16H21N3O/c1-2-9-19-15-12-14(18-10-7-17-8-11-18)5-3-13(15)4-6-16(19)20/h3-6,12,17H,2,7-11H2,1H3. The topological polar surface area (TPSA) is 37.3 Å². The smallest absolute Gasteiger partial charge is 0.251 e. The van der Waals surface area contributed by atoms with Crippen molar-refractivity contribution in [2.75, 3.05) is 31.1 Å². The van der Waals surface area contributed by atoms with Crippen LogP contribution in [0.4, 0.5) is 5.69 Å². The molecule has 0 spiro atoms. The summed E-state index contributed by atoms with van der Waals surface area (Å²) >= 11 is 0. The third kappa shape index (κ3) is 2.43. The first-order valence-electron chi connectivity index (χ1n) is 7.39. The molecule has 1 aliphatic rings. The molecule has 20 heavy (non-hydrogen) atoms. The van der Waals surface area contributed by atoms with Gasteiger partial charge in [0.15, 0.2) is 0 Å². The Morgan fingerprint density at radius 1 is 1.15 bits per heavy atom. The van der Waals surface area contributed by atoms with Crippen LogP contribution in [-0.4, -0.2) is 30.7 Å². The number of rotatable bonds is 3. The van der Waals surface area contributed by atoms with Gasteiger partial charge in [-0.3, -0.25) is 4.79 Å². The molecule has 1 aliphatic heterocycles. The van der Waals surface area contributed by atoms with E-state index < -0.39 is 0 Å². The van der Waals surface area contributed by atoms with E-state index in [2.05, 4.69) is 35.3 Å². The summed E-state index contributed by atoms with van der Waals surface area (Å²) in [5.41, 5.74) is 2.36. The first-order chi connectivity index (χ1) is 9.79. The van der Waals surface area contributed by atoms with E-state index in [1.807, 2.05) is 10.6 Å². The molecule has 0 atom stereocenters. The first-order valence-corrected chi connectivity index (χ1v) is 7.39. The van der Waals surface area contributed by atoms with Gasteiger partial charge in [0.25, 0.3) is 5.56 Å². The average molecular weight is 271 g/mol. The molecule has 1 fully saturated rings. The highest BCUT2D eigenvalue weighted by Gasteiger charge is 2.11. The van der Waals surface area contributed by atoms with Gasteiger partial charge in [0, 0.05) is 44.5 Å². The van der Waals surface area contributed by atoms with Crippen molar-refractivity contribution in [2.24, 2.45) is 0 Å². The van der Waals surface area contributed by atoms with E-state index in [0.29, 0.717) is 0 Å². The number of aromatic nitrogens is 1. The van der Waals surface area contributed by atoms with Gasteiger partial charge in [0.2, 0.25) is 0 Å². The second-order valence-corrected chi connectivity index (χ2v) is 5.30. The summed E-state index contributed by atoms with van der Waals surface area (Å²) in [6.07, 6.45) is 0.969. The van der Waals surface area contributed by atoms with Crippen LogP contribution in [0.2, 0.25) is 0 Å². The summed E-state index contributed by atoms with van der Waals surface area (Å²) in [7, 11) is 0. The van der Waals surface area contributed by atoms with Crippen molar-refractivity contribution < 1.29 is 0 Å². The predicted octanol–water partition coefficient (Wildman–Crippen LogP) is 1.82. The molecule has 0 aliphatic carbocycles. The van der Waals surface area contributed by atoms with Crippen LogP contribution < -0.4 is 15.8 Å². The summed E-state index contributed by atoms with van der Waals surface area (Å²) in [6.45, 7) is 6.97. The van der Waals surface area contributed by atoms with Gasteiger partial charge in [-0.1, -0.05) is 13.0 Å². The van der Waals surface area contributed by atoms with E-state index in [0.717, 1.165) is 50.0 Å². The highest BCUT2D eigenvalue weighted by molar-refractivity contribution is 5.82. The van der Waals surface area contributed by atoms with Crippen LogP contribution in [0.25, 0.3) is 10.9 Å². The van der Waals surface area contributed by atoms with Crippen molar-refractivity contribution >= 4 is 16.6 Å². The maximum atomic E-state index is 12.1. The zero-order valence-electron chi connectivity index (χ0n) is 11.9. The summed E-state index contributed by atoms with van der Waals surface area (Å²) < 4.78 is 1.89. The van der Waals surface area contributed by atoms with Crippen molar-refractivity contribution in [2.45, 2.75) is 19.9 Å². The second-order valence-electron chi connectivity index (χ2n) is 5.30. The molecule has 0 radical (unpaired) electrons. The molecule has 1 saturated heterocycles. The summed E-state index contributed by atoms with van der Waals surface area (Å²) in [5, 5.41) is 4.50. The number of aryl methyl sites for hydroxylation is 1. The van der Waals surface area contributed by atoms with Crippen molar-refractivity contribution in [3.8, 4) is 0 Å². The molecule has 4 nitrogen and oxygen atoms in total. The molecule has 3 rings (SSSR count). The van der Waals surface area contributed by atoms with Crippen LogP contribution in [0, 0.1) is 0 Å². The van der Waals surface area contributed by atoms with Gasteiger partial charge >= 0.3 is 0 Å². The van der Waals surface area contributed by atoms with Crippen molar-refractivity contribution in [1.29, 1.82) is 0 Å². The maximum Gasteiger partial charge on any atom is 0.251 e. The van der Waals surface area contributed by atoms with Crippen LogP contribution in [0.3, 0.4) is 0 Å². The summed E-state index contributed by atoms with van der Waals surface area (Å²) in [6, 6.07) is 10.0. The van der Waals surface area contributed by atoms with E-state index in [-0.39, 0.29) is 5.56 Å². The third-order valence-electron chi connectivity index (χ3n) is 3.91. The molecule has 2 heterocycles. The molecule has 0 bridgehead atoms. The molecule has 0 amide bonds. The Morgan fingerprint density at radius 2 is 1.90 bits per heavy atom. The van der Waals surface area contributed by atoms with E-state index in [1.54, 1.807) is 6.07 Å². The minimum atomic E-state index is 0.0943. The van der Waals surface area contributed by atoms with E-state index in [1.165, 1.54) is 5.69 Å². The lowest BCUT2D eigenvalue weighted by Gasteiger charge is -2.29. The van der Waals surface area contributed by atoms with Crippen LogP contribution in [0.1, 0.15) is 13.3 Å². The van der Waals surface area contributed by atoms with E-state index >= 15 is 0 Å². The van der Waals surface area contributed by atoms with Crippen LogP contribution in [-0.2, 0) is 6.54 Å². The Hall–Kier alpha value is -1.81. The monoisotopic (exact) mass is 271 g/mol. The zero-order valence-corrected chi connectivity index (χ0v) is 11.9. The molecule has 2 aromatic rings. The molecule has 0 saturated carbocycles. The Kier molecular flexibility index (Phi) is 3.74. The minimum Gasteiger partial charge on any atom is -0.369 e. The molecule has 4 heteroatoms. The van der Waals surface area contributed by atoms with Crippen LogP contribution >= 0.6 is 0 Å². The Bertz CT molecular complexity index is 656. The predicted molar refractivity (Wildman–Crippen MR) is 83.6 cm³/mol. The zero-order chi connectivity index (χ0) is 13.9. The Labute approximate surface area is 119 Å². The van der Waals surface area contributed by atoms with Crippen molar-refractivity contribution in [1.82, 2.24) is 9.88 Å². The van der Waals surface area contributed by atoms with E-state index in [9.17, 15) is 4.79 Å². The van der Waals surface area contributed by atoms with Gasteiger partial charge in [0.1, 0.15) is 0 Å². The van der Waals surface area contributed by atoms with Gasteiger partial charge in [0.05, 0.1) is 5.52 Å². The lowest BCUT2D eigenvalue weighted by molar-refractivity contribution is 0.589. The molecule has 0 unspecified atom stereocenters. The normalized spacial score (nSPS) is 15.8. The Morgan fingerprint density at radius 3 is 2.65 bits per heavy atom. The lowest BCUT2D eigenvalue weighted by atomic mass is 10.1. The van der Waals surface area contributed by atoms with Gasteiger partial charge in [-0.25, -0.2) is 0 Å². The number of anilines is 1. The van der Waals surface area contributed by atoms with Gasteiger partial charge in [-0.05, 0) is 30.0 Å². The van der Waals surface area contributed by atoms with Crippen LogP contribution in [0.5, 0.6) is 0 Å². The van der Waals surface area contributed by atoms with Crippen LogP contribution in [0.15, 0.2) is 35.1 Å². The molecule has 1 aromatic heterocycles. The van der Waals surface area contributed by atoms with Crippen molar-refractivity contribution in [3.63, 3.8) is 0 Å². The van der Waals surface area contributed by atoms with Gasteiger partial charge in [-0.2, -0.15) is 0 Å². The van der Waals surface area contributed by atoms with E-state index in [4.69, 9.17) is 0 Å². The fourth-order valence-electron chi connectivity index (χ4n) is 2.85. The molecule has 1 aromatic carbocycles. The molecule has 1 N–H and O–H groups in total. The lowest BCUT2D eigenvalue weighted by Crippen LogP contribution is -2.43. The number of hydrogen-bond donors (Lipinski definition) is 1. The second kappa shape index (κ2) is 5.67. The SMILES string of the molecule is CCCn1c(=O)ccc2ccc(N3CCNCC3)cc21. The number of fused-ring (bicyclic) bond motifs is 1. The third-order valence-corrected chi connectivity index (χ3v) is 3.91. The molecular weight excluding hydrogens is 250 g/mol. The quantitative estimate of drug-likeness (QED) is 0.925. The fourth-order valence-corrected chi connectivity index (χ4v) is 2.85. The maximum absolute atomic E-state index is 12.1.